The van der Waals surface area contributed by atoms with E-state index in [0.717, 1.165) is 34.8 Å². The number of amides is 1. The number of carbonyl (C=O) groups excluding carboxylic acids is 1. The highest BCUT2D eigenvalue weighted by atomic mass is 35.5. The fourth-order valence-corrected chi connectivity index (χ4v) is 3.56. The summed E-state index contributed by atoms with van der Waals surface area (Å²) >= 11 is 0. The summed E-state index contributed by atoms with van der Waals surface area (Å²) in [6.07, 6.45) is 1.10. The summed E-state index contributed by atoms with van der Waals surface area (Å²) in [6.45, 7) is 14.4. The molecule has 0 bridgehead atoms. The number of nitrogens with zero attached hydrogens (tertiary/aromatic N) is 4. The number of nitrogens with two attached hydrogens (primary N) is 1. The molecule has 0 aliphatic carbocycles. The summed E-state index contributed by atoms with van der Waals surface area (Å²) < 4.78 is 1.72. The molecule has 0 aromatic carbocycles. The first kappa shape index (κ1) is 24.0. The van der Waals surface area contributed by atoms with Gasteiger partial charge in [-0.3, -0.25) is 4.79 Å². The van der Waals surface area contributed by atoms with Crippen LogP contribution in [0.25, 0.3) is 5.95 Å². The van der Waals surface area contributed by atoms with Crippen molar-refractivity contribution in [1.29, 1.82) is 0 Å². The van der Waals surface area contributed by atoms with Gasteiger partial charge in [0.1, 0.15) is 0 Å². The Labute approximate surface area is 173 Å². The van der Waals surface area contributed by atoms with Crippen molar-refractivity contribution in [2.45, 2.75) is 66.8 Å². The first-order valence-corrected chi connectivity index (χ1v) is 9.43. The standard InChI is InChI=1S/C20H32N6O.ClH/c1-12(2)10-20(7,11-21)24-18(27)9-17-15(5)25-26(16(17)6)19-22-13(3)8-14(4)23-19;/h8,12H,9-11,21H2,1-7H3,(H,24,27);1H. The molecule has 1 atom stereocenters. The van der Waals surface area contributed by atoms with Crippen molar-refractivity contribution in [3.8, 4) is 5.95 Å². The van der Waals surface area contributed by atoms with Crippen LogP contribution in [0.1, 0.15) is 55.5 Å². The van der Waals surface area contributed by atoms with Gasteiger partial charge in [-0.25, -0.2) is 14.6 Å². The van der Waals surface area contributed by atoms with E-state index in [1.165, 1.54) is 0 Å². The molecular formula is C20H33ClN6O. The van der Waals surface area contributed by atoms with E-state index >= 15 is 0 Å². The van der Waals surface area contributed by atoms with Gasteiger partial charge in [-0.05, 0) is 53.0 Å². The molecule has 2 aromatic heterocycles. The Kier molecular flexibility index (Phi) is 8.14. The van der Waals surface area contributed by atoms with Crippen molar-refractivity contribution >= 4 is 18.3 Å². The van der Waals surface area contributed by atoms with E-state index in [-0.39, 0.29) is 24.7 Å². The van der Waals surface area contributed by atoms with Crippen LogP contribution in [0, 0.1) is 33.6 Å². The van der Waals surface area contributed by atoms with Crippen LogP contribution in [0.4, 0.5) is 0 Å². The molecule has 2 aromatic rings. The largest absolute Gasteiger partial charge is 0.349 e. The average molecular weight is 409 g/mol. The van der Waals surface area contributed by atoms with E-state index in [1.54, 1.807) is 4.68 Å². The number of hydrogen-bond donors (Lipinski definition) is 2. The Morgan fingerprint density at radius 1 is 1.21 bits per heavy atom. The van der Waals surface area contributed by atoms with Gasteiger partial charge >= 0.3 is 0 Å². The lowest BCUT2D eigenvalue weighted by Gasteiger charge is -2.31. The van der Waals surface area contributed by atoms with Crippen molar-refractivity contribution in [2.24, 2.45) is 11.7 Å². The maximum atomic E-state index is 12.7. The molecule has 1 unspecified atom stereocenters. The van der Waals surface area contributed by atoms with Gasteiger partial charge in [0.15, 0.2) is 0 Å². The number of hydrogen-bond acceptors (Lipinski definition) is 5. The van der Waals surface area contributed by atoms with Crippen molar-refractivity contribution < 1.29 is 4.79 Å². The van der Waals surface area contributed by atoms with Crippen LogP contribution in [0.3, 0.4) is 0 Å². The molecule has 7 nitrogen and oxygen atoms in total. The van der Waals surface area contributed by atoms with Gasteiger partial charge in [-0.1, -0.05) is 13.8 Å². The third-order valence-electron chi connectivity index (χ3n) is 4.69. The molecule has 0 spiro atoms. The highest BCUT2D eigenvalue weighted by Crippen LogP contribution is 2.19. The number of nitrogens with one attached hydrogen (secondary N) is 1. The predicted molar refractivity (Wildman–Crippen MR) is 114 cm³/mol. The monoisotopic (exact) mass is 408 g/mol. The lowest BCUT2D eigenvalue weighted by Crippen LogP contribution is -2.52. The molecule has 0 aliphatic heterocycles. The highest BCUT2D eigenvalue weighted by molar-refractivity contribution is 5.85. The lowest BCUT2D eigenvalue weighted by atomic mass is 9.90. The summed E-state index contributed by atoms with van der Waals surface area (Å²) in [7, 11) is 0. The predicted octanol–water partition coefficient (Wildman–Crippen LogP) is 2.74. The SMILES string of the molecule is Cc1cc(C)nc(-n2nc(C)c(CC(=O)NC(C)(CN)CC(C)C)c2C)n1.Cl. The first-order chi connectivity index (χ1) is 12.5. The summed E-state index contributed by atoms with van der Waals surface area (Å²) in [5.41, 5.74) is 9.88. The Balaban J connectivity index is 0.00000392. The minimum absolute atomic E-state index is 0. The van der Waals surface area contributed by atoms with Crippen molar-refractivity contribution in [3.05, 3.63) is 34.4 Å². The van der Waals surface area contributed by atoms with Crippen LogP contribution in [-0.2, 0) is 11.2 Å². The normalized spacial score (nSPS) is 13.2. The molecule has 0 fully saturated rings. The van der Waals surface area contributed by atoms with Crippen LogP contribution in [-0.4, -0.2) is 37.7 Å². The van der Waals surface area contributed by atoms with E-state index in [0.29, 0.717) is 18.4 Å². The molecule has 3 N–H and O–H groups in total. The fraction of sp³-hybridized carbons (Fsp3) is 0.600. The Hall–Kier alpha value is -1.99. The molecular weight excluding hydrogens is 376 g/mol. The zero-order valence-corrected chi connectivity index (χ0v) is 18.8. The van der Waals surface area contributed by atoms with Gasteiger partial charge in [0.05, 0.1) is 12.1 Å². The van der Waals surface area contributed by atoms with Crippen LogP contribution >= 0.6 is 12.4 Å². The third kappa shape index (κ3) is 5.75. The maximum absolute atomic E-state index is 12.7. The Morgan fingerprint density at radius 3 is 2.29 bits per heavy atom. The second-order valence-corrected chi connectivity index (χ2v) is 8.10. The smallest absolute Gasteiger partial charge is 0.251 e. The number of halogens is 1. The van der Waals surface area contributed by atoms with E-state index in [1.807, 2.05) is 40.7 Å². The minimum atomic E-state index is -0.403. The van der Waals surface area contributed by atoms with Gasteiger partial charge in [0.25, 0.3) is 5.95 Å². The third-order valence-corrected chi connectivity index (χ3v) is 4.69. The van der Waals surface area contributed by atoms with Gasteiger partial charge in [-0.15, -0.1) is 12.4 Å². The average Bonchev–Trinajstić information content (AvgIpc) is 2.81. The van der Waals surface area contributed by atoms with E-state index in [4.69, 9.17) is 5.73 Å². The second-order valence-electron chi connectivity index (χ2n) is 8.10. The van der Waals surface area contributed by atoms with Crippen LogP contribution in [0.5, 0.6) is 0 Å². The molecule has 28 heavy (non-hydrogen) atoms. The van der Waals surface area contributed by atoms with E-state index in [9.17, 15) is 4.79 Å². The van der Waals surface area contributed by atoms with Gasteiger partial charge in [-0.2, -0.15) is 5.10 Å². The van der Waals surface area contributed by atoms with Crippen LogP contribution in [0.2, 0.25) is 0 Å². The van der Waals surface area contributed by atoms with Gasteiger partial charge in [0, 0.05) is 34.7 Å². The number of carbonyl (C=O) groups is 1. The molecule has 8 heteroatoms. The molecule has 1 amide bonds. The van der Waals surface area contributed by atoms with E-state index in [2.05, 4.69) is 34.2 Å². The molecule has 156 valence electrons. The molecule has 2 heterocycles. The fourth-order valence-electron chi connectivity index (χ4n) is 3.56. The summed E-state index contributed by atoms with van der Waals surface area (Å²) in [4.78, 5) is 21.6. The van der Waals surface area contributed by atoms with Crippen LogP contribution < -0.4 is 11.1 Å². The Bertz CT molecular complexity index is 812. The number of rotatable bonds is 7. The number of aryl methyl sites for hydroxylation is 3. The Morgan fingerprint density at radius 2 is 1.79 bits per heavy atom. The highest BCUT2D eigenvalue weighted by Gasteiger charge is 2.27. The lowest BCUT2D eigenvalue weighted by molar-refractivity contribution is -0.122. The zero-order valence-electron chi connectivity index (χ0n) is 18.0. The second kappa shape index (κ2) is 9.47. The number of aromatic nitrogens is 4. The van der Waals surface area contributed by atoms with Gasteiger partial charge < -0.3 is 11.1 Å². The van der Waals surface area contributed by atoms with E-state index < -0.39 is 5.54 Å². The molecule has 0 aliphatic rings. The quantitative estimate of drug-likeness (QED) is 0.733. The van der Waals surface area contributed by atoms with Crippen LogP contribution in [0.15, 0.2) is 6.07 Å². The van der Waals surface area contributed by atoms with Gasteiger partial charge in [0.2, 0.25) is 5.91 Å². The topological polar surface area (TPSA) is 98.7 Å². The minimum Gasteiger partial charge on any atom is -0.349 e. The molecule has 0 saturated heterocycles. The van der Waals surface area contributed by atoms with Crippen molar-refractivity contribution in [1.82, 2.24) is 25.1 Å². The maximum Gasteiger partial charge on any atom is 0.251 e. The summed E-state index contributed by atoms with van der Waals surface area (Å²) in [5, 5.41) is 7.68. The summed E-state index contributed by atoms with van der Waals surface area (Å²) in [5.74, 6) is 0.939. The molecule has 0 saturated carbocycles. The zero-order chi connectivity index (χ0) is 20.4. The van der Waals surface area contributed by atoms with Crippen molar-refractivity contribution in [2.75, 3.05) is 6.54 Å². The summed E-state index contributed by atoms with van der Waals surface area (Å²) in [6, 6.07) is 1.92. The first-order valence-electron chi connectivity index (χ1n) is 9.43. The van der Waals surface area contributed by atoms with Crippen molar-refractivity contribution in [3.63, 3.8) is 0 Å². The molecule has 2 rings (SSSR count). The molecule has 0 radical (unpaired) electrons.